The molecule has 0 amide bonds. The van der Waals surface area contributed by atoms with E-state index < -0.39 is 5.97 Å². The fourth-order valence-corrected chi connectivity index (χ4v) is 2.69. The molecule has 0 bridgehead atoms. The highest BCUT2D eigenvalue weighted by atomic mass is 79.9. The van der Waals surface area contributed by atoms with Crippen LogP contribution in [-0.4, -0.2) is 22.1 Å². The van der Waals surface area contributed by atoms with E-state index in [4.69, 9.17) is 16.3 Å². The van der Waals surface area contributed by atoms with Crippen molar-refractivity contribution in [1.82, 2.24) is 9.55 Å². The third-order valence-corrected chi connectivity index (χ3v) is 3.65. The van der Waals surface area contributed by atoms with E-state index in [1.165, 1.54) is 5.56 Å². The van der Waals surface area contributed by atoms with E-state index in [0.717, 1.165) is 5.56 Å². The molecule has 0 unspecified atom stereocenters. The summed E-state index contributed by atoms with van der Waals surface area (Å²) >= 11 is 9.34. The molecule has 2 aromatic rings. The molecule has 0 saturated carbocycles. The van der Waals surface area contributed by atoms with Gasteiger partial charge in [-0.15, -0.1) is 0 Å². The van der Waals surface area contributed by atoms with Crippen molar-refractivity contribution in [2.24, 2.45) is 0 Å². The van der Waals surface area contributed by atoms with E-state index in [0.29, 0.717) is 23.4 Å². The number of aryl methyl sites for hydroxylation is 1. The van der Waals surface area contributed by atoms with Crippen LogP contribution in [0.1, 0.15) is 28.5 Å². The number of carbonyl (C=O) groups excluding carboxylic acids is 1. The number of aromatic nitrogens is 2. The second kappa shape index (κ2) is 6.41. The second-order valence-electron chi connectivity index (χ2n) is 4.31. The van der Waals surface area contributed by atoms with Crippen molar-refractivity contribution in [1.29, 1.82) is 0 Å². The molecule has 6 heteroatoms. The molecule has 0 N–H and O–H groups in total. The van der Waals surface area contributed by atoms with E-state index in [1.54, 1.807) is 11.5 Å². The Bertz CT molecular complexity index is 623. The van der Waals surface area contributed by atoms with Gasteiger partial charge in [0.25, 0.3) is 0 Å². The Morgan fingerprint density at radius 1 is 1.40 bits per heavy atom. The van der Waals surface area contributed by atoms with Crippen molar-refractivity contribution >= 4 is 33.5 Å². The molecule has 0 atom stereocenters. The highest BCUT2D eigenvalue weighted by molar-refractivity contribution is 9.10. The molecule has 20 heavy (non-hydrogen) atoms. The van der Waals surface area contributed by atoms with E-state index in [-0.39, 0.29) is 5.28 Å². The van der Waals surface area contributed by atoms with Crippen molar-refractivity contribution in [2.45, 2.75) is 20.4 Å². The van der Waals surface area contributed by atoms with E-state index >= 15 is 0 Å². The Morgan fingerprint density at radius 3 is 2.65 bits per heavy atom. The minimum absolute atomic E-state index is 0.250. The summed E-state index contributed by atoms with van der Waals surface area (Å²) in [7, 11) is 0. The Labute approximate surface area is 130 Å². The van der Waals surface area contributed by atoms with Crippen LogP contribution >= 0.6 is 27.5 Å². The molecule has 0 fully saturated rings. The first-order valence-corrected chi connectivity index (χ1v) is 7.34. The molecular formula is C14H14BrClN2O2. The predicted octanol–water partition coefficient (Wildman–Crippen LogP) is 3.83. The maximum atomic E-state index is 12.0. The molecule has 0 aliphatic carbocycles. The van der Waals surface area contributed by atoms with Crippen LogP contribution in [0, 0.1) is 6.92 Å². The topological polar surface area (TPSA) is 44.1 Å². The van der Waals surface area contributed by atoms with Crippen molar-refractivity contribution in [3.8, 4) is 0 Å². The molecule has 0 aliphatic heterocycles. The minimum Gasteiger partial charge on any atom is -0.461 e. The summed E-state index contributed by atoms with van der Waals surface area (Å²) in [5, 5.41) is 0.250. The van der Waals surface area contributed by atoms with Gasteiger partial charge in [0.05, 0.1) is 13.2 Å². The first-order chi connectivity index (χ1) is 9.52. The van der Waals surface area contributed by atoms with Crippen LogP contribution in [0.2, 0.25) is 5.28 Å². The summed E-state index contributed by atoms with van der Waals surface area (Å²) in [4.78, 5) is 16.0. The second-order valence-corrected chi connectivity index (χ2v) is 5.40. The molecule has 1 heterocycles. The summed E-state index contributed by atoms with van der Waals surface area (Å²) in [6.45, 7) is 4.55. The molecule has 1 aromatic heterocycles. The van der Waals surface area contributed by atoms with Gasteiger partial charge in [-0.1, -0.05) is 29.8 Å². The molecule has 0 radical (unpaired) electrons. The lowest BCUT2D eigenvalue weighted by atomic mass is 10.1. The van der Waals surface area contributed by atoms with Crippen molar-refractivity contribution in [3.63, 3.8) is 0 Å². The lowest BCUT2D eigenvalue weighted by Crippen LogP contribution is -2.13. The number of benzene rings is 1. The molecule has 0 aliphatic rings. The lowest BCUT2D eigenvalue weighted by Gasteiger charge is -2.09. The average molecular weight is 358 g/mol. The predicted molar refractivity (Wildman–Crippen MR) is 81.2 cm³/mol. The summed E-state index contributed by atoms with van der Waals surface area (Å²) in [5.74, 6) is -0.439. The van der Waals surface area contributed by atoms with Gasteiger partial charge < -0.3 is 9.30 Å². The number of imidazole rings is 1. The zero-order chi connectivity index (χ0) is 14.7. The highest BCUT2D eigenvalue weighted by Gasteiger charge is 2.22. The maximum Gasteiger partial charge on any atom is 0.357 e. The van der Waals surface area contributed by atoms with E-state index in [1.807, 2.05) is 31.2 Å². The lowest BCUT2D eigenvalue weighted by molar-refractivity contribution is 0.0513. The molecule has 1 aromatic carbocycles. The van der Waals surface area contributed by atoms with E-state index in [9.17, 15) is 4.79 Å². The van der Waals surface area contributed by atoms with Gasteiger partial charge >= 0.3 is 5.97 Å². The van der Waals surface area contributed by atoms with Crippen LogP contribution < -0.4 is 0 Å². The Balaban J connectivity index is 2.35. The first kappa shape index (κ1) is 15.1. The smallest absolute Gasteiger partial charge is 0.357 e. The number of nitrogens with zero attached hydrogens (tertiary/aromatic N) is 2. The van der Waals surface area contributed by atoms with Gasteiger partial charge in [0.15, 0.2) is 5.69 Å². The van der Waals surface area contributed by atoms with Crippen LogP contribution in [0.25, 0.3) is 0 Å². The van der Waals surface area contributed by atoms with Crippen LogP contribution in [0.15, 0.2) is 28.9 Å². The van der Waals surface area contributed by atoms with E-state index in [2.05, 4.69) is 20.9 Å². The number of hydrogen-bond donors (Lipinski definition) is 0. The van der Waals surface area contributed by atoms with Gasteiger partial charge in [-0.05, 0) is 46.9 Å². The number of ether oxygens (including phenoxy) is 1. The van der Waals surface area contributed by atoms with Crippen molar-refractivity contribution in [3.05, 3.63) is 51.0 Å². The summed E-state index contributed by atoms with van der Waals surface area (Å²) in [6, 6.07) is 8.02. The number of esters is 1. The monoisotopic (exact) mass is 356 g/mol. The number of halogens is 2. The maximum absolute atomic E-state index is 12.0. The largest absolute Gasteiger partial charge is 0.461 e. The number of rotatable bonds is 4. The number of carbonyl (C=O) groups is 1. The molecule has 0 spiro atoms. The molecule has 106 valence electrons. The Morgan fingerprint density at radius 2 is 2.05 bits per heavy atom. The zero-order valence-corrected chi connectivity index (χ0v) is 13.5. The summed E-state index contributed by atoms with van der Waals surface area (Å²) in [6.07, 6.45) is 0. The molecular weight excluding hydrogens is 344 g/mol. The van der Waals surface area contributed by atoms with Crippen LogP contribution in [-0.2, 0) is 11.3 Å². The fourth-order valence-electron chi connectivity index (χ4n) is 1.81. The van der Waals surface area contributed by atoms with Gasteiger partial charge in [0.1, 0.15) is 4.60 Å². The Kier molecular flexibility index (Phi) is 4.83. The number of hydrogen-bond acceptors (Lipinski definition) is 3. The fraction of sp³-hybridized carbons (Fsp3) is 0.286. The van der Waals surface area contributed by atoms with Gasteiger partial charge in [-0.25, -0.2) is 9.78 Å². The molecule has 0 saturated heterocycles. The van der Waals surface area contributed by atoms with Crippen LogP contribution in [0.4, 0.5) is 0 Å². The van der Waals surface area contributed by atoms with Crippen LogP contribution in [0.5, 0.6) is 0 Å². The van der Waals surface area contributed by atoms with Crippen molar-refractivity contribution < 1.29 is 9.53 Å². The third-order valence-electron chi connectivity index (χ3n) is 2.81. The molecule has 4 nitrogen and oxygen atoms in total. The zero-order valence-electron chi connectivity index (χ0n) is 11.2. The highest BCUT2D eigenvalue weighted by Crippen LogP contribution is 2.23. The quantitative estimate of drug-likeness (QED) is 0.781. The molecule has 2 rings (SSSR count). The van der Waals surface area contributed by atoms with Crippen LogP contribution in [0.3, 0.4) is 0 Å². The van der Waals surface area contributed by atoms with Gasteiger partial charge in [-0.2, -0.15) is 0 Å². The summed E-state index contributed by atoms with van der Waals surface area (Å²) in [5.41, 5.74) is 2.54. The first-order valence-electron chi connectivity index (χ1n) is 6.17. The normalized spacial score (nSPS) is 10.6. The minimum atomic E-state index is -0.439. The third kappa shape index (κ3) is 3.22. The standard InChI is InChI=1S/C14H14BrClN2O2/c1-3-20-13(19)11-12(15)17-14(16)18(11)8-10-6-4-9(2)5-7-10/h4-7H,3,8H2,1-2H3. The SMILES string of the molecule is CCOC(=O)c1c(Br)nc(Cl)n1Cc1ccc(C)cc1. The summed E-state index contributed by atoms with van der Waals surface area (Å²) < 4.78 is 7.06. The van der Waals surface area contributed by atoms with Gasteiger partial charge in [0, 0.05) is 0 Å². The van der Waals surface area contributed by atoms with Gasteiger partial charge in [-0.3, -0.25) is 0 Å². The van der Waals surface area contributed by atoms with Gasteiger partial charge in [0.2, 0.25) is 5.28 Å². The average Bonchev–Trinajstić information content (AvgIpc) is 2.67. The Hall–Kier alpha value is -1.33. The van der Waals surface area contributed by atoms with Crippen molar-refractivity contribution in [2.75, 3.05) is 6.61 Å².